The van der Waals surface area contributed by atoms with Crippen molar-refractivity contribution >= 4 is 23.9 Å². The molecular weight excluding hydrogens is 558 g/mol. The van der Waals surface area contributed by atoms with Crippen molar-refractivity contribution in [3.8, 4) is 23.7 Å². The van der Waals surface area contributed by atoms with Crippen molar-refractivity contribution in [3.63, 3.8) is 0 Å². The standard InChI is InChI=1S/C35H41N3O6/c1-26(38-34(42)44-35(3,4)5)32(40)36-25-19-11-9-7-6-8-10-18-24-30(39)37-27(2)33(41)43-31(28-20-14-12-15-21-28)29-22-16-13-17-23-29/h6-7,12-17,20-23,26-27,31H,18-19,24-25H2,1-5H3,(H,36,40)(H,37,39)(H,38,42)/b7-6-/t26-,27-/m0/s1. The van der Waals surface area contributed by atoms with Crippen LogP contribution in [0.25, 0.3) is 0 Å². The summed E-state index contributed by atoms with van der Waals surface area (Å²) in [6.45, 7) is 8.71. The Morgan fingerprint density at radius 3 is 1.89 bits per heavy atom. The second-order valence-corrected chi connectivity index (χ2v) is 10.8. The maximum Gasteiger partial charge on any atom is 0.408 e. The quantitative estimate of drug-likeness (QED) is 0.197. The van der Waals surface area contributed by atoms with E-state index in [0.717, 1.165) is 11.1 Å². The maximum atomic E-state index is 12.8. The summed E-state index contributed by atoms with van der Waals surface area (Å²) in [4.78, 5) is 48.9. The molecule has 232 valence electrons. The van der Waals surface area contributed by atoms with Gasteiger partial charge in [-0.1, -0.05) is 84.3 Å². The number of hydrogen-bond donors (Lipinski definition) is 3. The van der Waals surface area contributed by atoms with Gasteiger partial charge in [-0.25, -0.2) is 9.59 Å². The molecule has 0 aliphatic heterocycles. The van der Waals surface area contributed by atoms with E-state index in [0.29, 0.717) is 19.4 Å². The molecule has 0 aromatic heterocycles. The number of esters is 1. The van der Waals surface area contributed by atoms with Crippen LogP contribution in [-0.4, -0.2) is 48.1 Å². The van der Waals surface area contributed by atoms with Gasteiger partial charge in [-0.05, 0) is 57.9 Å². The Labute approximate surface area is 260 Å². The van der Waals surface area contributed by atoms with Crippen molar-refractivity contribution in [3.05, 3.63) is 83.9 Å². The lowest BCUT2D eigenvalue weighted by Crippen LogP contribution is -2.46. The Bertz CT molecular complexity index is 1350. The van der Waals surface area contributed by atoms with Gasteiger partial charge in [-0.2, -0.15) is 0 Å². The molecule has 0 aliphatic rings. The van der Waals surface area contributed by atoms with Gasteiger partial charge in [0.15, 0.2) is 6.10 Å². The number of hydrogen-bond acceptors (Lipinski definition) is 6. The molecule has 0 radical (unpaired) electrons. The first-order valence-corrected chi connectivity index (χ1v) is 14.4. The predicted octanol–water partition coefficient (Wildman–Crippen LogP) is 4.59. The Morgan fingerprint density at radius 1 is 0.795 bits per heavy atom. The third kappa shape index (κ3) is 14.2. The summed E-state index contributed by atoms with van der Waals surface area (Å²) in [6, 6.07) is 17.3. The molecule has 3 N–H and O–H groups in total. The van der Waals surface area contributed by atoms with Crippen molar-refractivity contribution in [1.82, 2.24) is 16.0 Å². The van der Waals surface area contributed by atoms with E-state index in [1.54, 1.807) is 46.8 Å². The maximum absolute atomic E-state index is 12.8. The fourth-order valence-corrected chi connectivity index (χ4v) is 3.65. The van der Waals surface area contributed by atoms with Crippen LogP contribution in [0.15, 0.2) is 72.8 Å². The van der Waals surface area contributed by atoms with Gasteiger partial charge in [0.05, 0.1) is 0 Å². The molecule has 2 atom stereocenters. The molecule has 2 rings (SSSR count). The molecule has 0 unspecified atom stereocenters. The van der Waals surface area contributed by atoms with Gasteiger partial charge in [-0.15, -0.1) is 0 Å². The number of ether oxygens (including phenoxy) is 2. The molecule has 3 amide bonds. The average molecular weight is 600 g/mol. The Kier molecular flexibility index (Phi) is 14.8. The van der Waals surface area contributed by atoms with Crippen molar-refractivity contribution in [2.45, 2.75) is 77.7 Å². The highest BCUT2D eigenvalue weighted by Gasteiger charge is 2.24. The van der Waals surface area contributed by atoms with Crippen LogP contribution in [0, 0.1) is 23.7 Å². The fraction of sp³-hybridized carbons (Fsp3) is 0.371. The minimum atomic E-state index is -0.824. The van der Waals surface area contributed by atoms with E-state index >= 15 is 0 Å². The molecule has 0 bridgehead atoms. The zero-order valence-corrected chi connectivity index (χ0v) is 25.9. The molecule has 0 heterocycles. The molecule has 44 heavy (non-hydrogen) atoms. The number of benzene rings is 2. The predicted molar refractivity (Wildman–Crippen MR) is 169 cm³/mol. The smallest absolute Gasteiger partial charge is 0.408 e. The van der Waals surface area contributed by atoms with Crippen LogP contribution in [0.4, 0.5) is 4.79 Å². The lowest BCUT2D eigenvalue weighted by molar-refractivity contribution is -0.151. The van der Waals surface area contributed by atoms with Crippen molar-refractivity contribution in [1.29, 1.82) is 0 Å². The van der Waals surface area contributed by atoms with Crippen LogP contribution >= 0.6 is 0 Å². The fourth-order valence-electron chi connectivity index (χ4n) is 3.65. The molecular formula is C35H41N3O6. The summed E-state index contributed by atoms with van der Waals surface area (Å²) >= 11 is 0. The van der Waals surface area contributed by atoms with Gasteiger partial charge in [0.2, 0.25) is 11.8 Å². The van der Waals surface area contributed by atoms with Crippen LogP contribution in [0.1, 0.15) is 71.1 Å². The lowest BCUT2D eigenvalue weighted by Gasteiger charge is -2.21. The summed E-state index contributed by atoms with van der Waals surface area (Å²) in [5, 5.41) is 7.85. The van der Waals surface area contributed by atoms with Crippen LogP contribution in [0.2, 0.25) is 0 Å². The molecule has 0 saturated heterocycles. The first-order chi connectivity index (χ1) is 21.0. The summed E-state index contributed by atoms with van der Waals surface area (Å²) in [5.74, 6) is 10.2. The highest BCUT2D eigenvalue weighted by molar-refractivity contribution is 5.85. The van der Waals surface area contributed by atoms with Crippen molar-refractivity contribution in [2.75, 3.05) is 6.54 Å². The van der Waals surface area contributed by atoms with E-state index in [4.69, 9.17) is 9.47 Å². The van der Waals surface area contributed by atoms with E-state index in [2.05, 4.69) is 39.6 Å². The minimum absolute atomic E-state index is 0.131. The molecule has 0 saturated carbocycles. The van der Waals surface area contributed by atoms with E-state index < -0.39 is 35.9 Å². The van der Waals surface area contributed by atoms with E-state index in [1.165, 1.54) is 0 Å². The van der Waals surface area contributed by atoms with Gasteiger partial charge >= 0.3 is 12.1 Å². The minimum Gasteiger partial charge on any atom is -0.451 e. The summed E-state index contributed by atoms with van der Waals surface area (Å²) in [7, 11) is 0. The summed E-state index contributed by atoms with van der Waals surface area (Å²) < 4.78 is 10.9. The SMILES string of the molecule is C[C@H](NC(=O)OC(C)(C)C)C(=O)NCCC#C/C=C\C#CCCC(=O)N[C@@H](C)C(=O)OC(c1ccccc1)c1ccccc1. The van der Waals surface area contributed by atoms with Crippen LogP contribution < -0.4 is 16.0 Å². The van der Waals surface area contributed by atoms with Gasteiger partial charge in [-0.3, -0.25) is 9.59 Å². The van der Waals surface area contributed by atoms with E-state index in [1.807, 2.05) is 60.7 Å². The number of amides is 3. The molecule has 9 heteroatoms. The van der Waals surface area contributed by atoms with Crippen molar-refractivity contribution in [2.24, 2.45) is 0 Å². The highest BCUT2D eigenvalue weighted by atomic mass is 16.6. The first kappa shape index (κ1) is 35.2. The largest absolute Gasteiger partial charge is 0.451 e. The second kappa shape index (κ2) is 18.5. The summed E-state index contributed by atoms with van der Waals surface area (Å²) in [6.07, 6.45) is 2.77. The highest BCUT2D eigenvalue weighted by Crippen LogP contribution is 2.26. The third-order valence-electron chi connectivity index (χ3n) is 5.78. The Hall–Kier alpha value is -5.02. The first-order valence-electron chi connectivity index (χ1n) is 14.4. The number of carbonyl (C=O) groups is 4. The molecule has 9 nitrogen and oxygen atoms in total. The molecule has 0 spiro atoms. The Morgan fingerprint density at radius 2 is 1.34 bits per heavy atom. The second-order valence-electron chi connectivity index (χ2n) is 10.8. The zero-order chi connectivity index (χ0) is 32.4. The third-order valence-corrected chi connectivity index (χ3v) is 5.78. The lowest BCUT2D eigenvalue weighted by atomic mass is 10.0. The molecule has 2 aromatic carbocycles. The van der Waals surface area contributed by atoms with E-state index in [-0.39, 0.29) is 18.2 Å². The average Bonchev–Trinajstić information content (AvgIpc) is 2.98. The molecule has 2 aromatic rings. The van der Waals surface area contributed by atoms with Crippen LogP contribution in [-0.2, 0) is 23.9 Å². The zero-order valence-electron chi connectivity index (χ0n) is 25.9. The van der Waals surface area contributed by atoms with Gasteiger partial charge in [0, 0.05) is 25.8 Å². The number of alkyl carbamates (subject to hydrolysis) is 1. The van der Waals surface area contributed by atoms with Crippen molar-refractivity contribution < 1.29 is 28.7 Å². The normalized spacial score (nSPS) is 12.0. The number of allylic oxidation sites excluding steroid dienone is 2. The Balaban J connectivity index is 1.68. The van der Waals surface area contributed by atoms with E-state index in [9.17, 15) is 19.2 Å². The monoisotopic (exact) mass is 599 g/mol. The molecule has 0 fully saturated rings. The number of nitrogens with one attached hydrogen (secondary N) is 3. The van der Waals surface area contributed by atoms with Gasteiger partial charge in [0.25, 0.3) is 0 Å². The molecule has 0 aliphatic carbocycles. The summed E-state index contributed by atoms with van der Waals surface area (Å²) in [5.41, 5.74) is 1.03. The number of carbonyl (C=O) groups excluding carboxylic acids is 4. The van der Waals surface area contributed by atoms with Gasteiger partial charge < -0.3 is 25.4 Å². The van der Waals surface area contributed by atoms with Crippen LogP contribution in [0.3, 0.4) is 0 Å². The number of rotatable bonds is 11. The van der Waals surface area contributed by atoms with Gasteiger partial charge in [0.1, 0.15) is 17.7 Å². The van der Waals surface area contributed by atoms with Crippen LogP contribution in [0.5, 0.6) is 0 Å². The topological polar surface area (TPSA) is 123 Å².